The van der Waals surface area contributed by atoms with Crippen molar-refractivity contribution in [3.63, 3.8) is 0 Å². The maximum atomic E-state index is 5.50. The van der Waals surface area contributed by atoms with E-state index in [0.717, 1.165) is 49.9 Å². The molecule has 4 heteroatoms. The van der Waals surface area contributed by atoms with Crippen molar-refractivity contribution in [2.45, 2.75) is 0 Å². The number of hydrogen-bond donors (Lipinski definition) is 0. The summed E-state index contributed by atoms with van der Waals surface area (Å²) in [5.41, 5.74) is 10.8. The number of benzene rings is 10. The molecule has 13 rings (SSSR count). The molecule has 0 saturated carbocycles. The Hall–Kier alpha value is -8.08. The van der Waals surface area contributed by atoms with Crippen LogP contribution in [0, 0.1) is 0 Å². The van der Waals surface area contributed by atoms with Crippen LogP contribution in [0.3, 0.4) is 0 Å². The summed E-state index contributed by atoms with van der Waals surface area (Å²) in [6.07, 6.45) is 0. The van der Waals surface area contributed by atoms with E-state index in [-0.39, 0.29) is 0 Å². The van der Waals surface area contributed by atoms with Crippen molar-refractivity contribution in [3.05, 3.63) is 206 Å². The molecule has 0 unspecified atom stereocenters. The van der Waals surface area contributed by atoms with Gasteiger partial charge in [0.1, 0.15) is 0 Å². The van der Waals surface area contributed by atoms with Gasteiger partial charge in [0.2, 0.25) is 5.95 Å². The highest BCUT2D eigenvalue weighted by Gasteiger charge is 2.23. The maximum Gasteiger partial charge on any atom is 0.235 e. The van der Waals surface area contributed by atoms with Crippen LogP contribution in [0.4, 0.5) is 0 Å². The van der Waals surface area contributed by atoms with Crippen LogP contribution in [0.1, 0.15) is 0 Å². The highest BCUT2D eigenvalue weighted by Crippen LogP contribution is 2.43. The Bertz CT molecular complexity index is 3840. The quantitative estimate of drug-likeness (QED) is 0.167. The summed E-state index contributed by atoms with van der Waals surface area (Å²) >= 11 is 0. The number of para-hydroxylation sites is 3. The maximum absolute atomic E-state index is 5.50. The first-order valence-electron chi connectivity index (χ1n) is 20.5. The molecule has 0 fully saturated rings. The second kappa shape index (κ2) is 12.7. The monoisotopic (exact) mass is 762 g/mol. The fourth-order valence-electron chi connectivity index (χ4n) is 9.86. The standard InChI is InChI=1S/C56H34N4/c1-2-14-35(15-3-1)36-26-28-37(29-27-36)54-46-21-8-11-23-49(46)57-56(58-54)60-50-24-12-9-20-44(50)45-32-33-52-53(55(45)60)47-22-10-13-25-51(47)59(52)38-30-31-43-41-18-5-4-16-39(41)40-17-6-7-19-42(40)48(43)34-38/h1-34H. The molecule has 0 aliphatic rings. The van der Waals surface area contributed by atoms with Crippen molar-refractivity contribution >= 4 is 86.8 Å². The molecule has 4 nitrogen and oxygen atoms in total. The first kappa shape index (κ1) is 32.9. The molecule has 0 spiro atoms. The molecule has 0 radical (unpaired) electrons. The van der Waals surface area contributed by atoms with Gasteiger partial charge in [-0.2, -0.15) is 0 Å². The van der Waals surface area contributed by atoms with Crippen molar-refractivity contribution in [1.82, 2.24) is 19.1 Å². The lowest BCUT2D eigenvalue weighted by Gasteiger charge is -2.14. The molecule has 0 N–H and O–H groups in total. The predicted molar refractivity (Wildman–Crippen MR) is 252 cm³/mol. The van der Waals surface area contributed by atoms with E-state index in [1.165, 1.54) is 65.0 Å². The van der Waals surface area contributed by atoms with Crippen LogP contribution < -0.4 is 0 Å². The van der Waals surface area contributed by atoms with E-state index in [1.807, 2.05) is 0 Å². The molecule has 0 aliphatic heterocycles. The summed E-state index contributed by atoms with van der Waals surface area (Å²) in [5, 5.41) is 13.3. The van der Waals surface area contributed by atoms with Crippen LogP contribution in [-0.4, -0.2) is 19.1 Å². The van der Waals surface area contributed by atoms with Crippen molar-refractivity contribution in [2.75, 3.05) is 0 Å². The zero-order valence-electron chi connectivity index (χ0n) is 32.4. The molecule has 0 amide bonds. The Labute approximate surface area is 344 Å². The highest BCUT2D eigenvalue weighted by molar-refractivity contribution is 6.27. The van der Waals surface area contributed by atoms with E-state index in [4.69, 9.17) is 9.97 Å². The summed E-state index contributed by atoms with van der Waals surface area (Å²) in [5.74, 6) is 0.649. The van der Waals surface area contributed by atoms with E-state index in [9.17, 15) is 0 Å². The first-order chi connectivity index (χ1) is 29.8. The summed E-state index contributed by atoms with van der Waals surface area (Å²) in [6.45, 7) is 0. The average Bonchev–Trinajstić information content (AvgIpc) is 3.84. The van der Waals surface area contributed by atoms with E-state index in [1.54, 1.807) is 0 Å². The lowest BCUT2D eigenvalue weighted by molar-refractivity contribution is 1.02. The molecule has 278 valence electrons. The molecular weight excluding hydrogens is 729 g/mol. The van der Waals surface area contributed by atoms with Crippen LogP contribution in [-0.2, 0) is 0 Å². The number of rotatable bonds is 4. The molecule has 0 aliphatic carbocycles. The molecule has 3 aromatic heterocycles. The second-order valence-electron chi connectivity index (χ2n) is 15.7. The summed E-state index contributed by atoms with van der Waals surface area (Å²) in [6, 6.07) is 74.3. The number of nitrogens with zero attached hydrogens (tertiary/aromatic N) is 4. The fourth-order valence-corrected chi connectivity index (χ4v) is 9.86. The predicted octanol–water partition coefficient (Wildman–Crippen LogP) is 14.6. The molecule has 13 aromatic rings. The second-order valence-corrected chi connectivity index (χ2v) is 15.7. The Balaban J connectivity index is 1.10. The van der Waals surface area contributed by atoms with Crippen LogP contribution in [0.5, 0.6) is 0 Å². The van der Waals surface area contributed by atoms with Crippen molar-refractivity contribution in [3.8, 4) is 34.0 Å². The van der Waals surface area contributed by atoms with E-state index in [0.29, 0.717) is 5.95 Å². The third-order valence-electron chi connectivity index (χ3n) is 12.5. The molecule has 0 atom stereocenters. The van der Waals surface area contributed by atoms with Gasteiger partial charge in [0.05, 0.1) is 33.3 Å². The Morgan fingerprint density at radius 2 is 0.817 bits per heavy atom. The topological polar surface area (TPSA) is 35.6 Å². The Morgan fingerprint density at radius 3 is 1.53 bits per heavy atom. The SMILES string of the molecule is c1ccc(-c2ccc(-c3nc(-n4c5ccccc5c5ccc6c(c7ccccc7n6-c6ccc7c8ccccc8c8ccccc8c7c6)c54)nc4ccccc34)cc2)cc1. The molecule has 0 saturated heterocycles. The molecule has 3 heterocycles. The van der Waals surface area contributed by atoms with Crippen LogP contribution in [0.2, 0.25) is 0 Å². The lowest BCUT2D eigenvalue weighted by Crippen LogP contribution is -2.03. The molecule has 0 bridgehead atoms. The number of fused-ring (bicyclic) bond motifs is 14. The van der Waals surface area contributed by atoms with Crippen LogP contribution in [0.15, 0.2) is 206 Å². The Kier molecular flexibility index (Phi) is 6.98. The van der Waals surface area contributed by atoms with Crippen LogP contribution in [0.25, 0.3) is 121 Å². The van der Waals surface area contributed by atoms with Crippen molar-refractivity contribution < 1.29 is 0 Å². The minimum Gasteiger partial charge on any atom is -0.309 e. The Morgan fingerprint density at radius 1 is 0.300 bits per heavy atom. The summed E-state index contributed by atoms with van der Waals surface area (Å²) in [7, 11) is 0. The molecule has 10 aromatic carbocycles. The van der Waals surface area contributed by atoms with E-state index in [2.05, 4.69) is 215 Å². The van der Waals surface area contributed by atoms with Gasteiger partial charge in [-0.25, -0.2) is 9.97 Å². The number of hydrogen-bond acceptors (Lipinski definition) is 2. The minimum atomic E-state index is 0.649. The normalized spacial score (nSPS) is 12.0. The van der Waals surface area contributed by atoms with Gasteiger partial charge in [-0.1, -0.05) is 170 Å². The molecule has 60 heavy (non-hydrogen) atoms. The third kappa shape index (κ3) is 4.73. The first-order valence-corrected chi connectivity index (χ1v) is 20.5. The largest absolute Gasteiger partial charge is 0.309 e. The van der Waals surface area contributed by atoms with Gasteiger partial charge in [-0.3, -0.25) is 4.57 Å². The van der Waals surface area contributed by atoms with Gasteiger partial charge in [0, 0.05) is 38.2 Å². The smallest absolute Gasteiger partial charge is 0.235 e. The highest BCUT2D eigenvalue weighted by atomic mass is 15.2. The zero-order valence-corrected chi connectivity index (χ0v) is 32.4. The van der Waals surface area contributed by atoms with E-state index >= 15 is 0 Å². The summed E-state index contributed by atoms with van der Waals surface area (Å²) in [4.78, 5) is 10.9. The van der Waals surface area contributed by atoms with Crippen molar-refractivity contribution in [2.24, 2.45) is 0 Å². The minimum absolute atomic E-state index is 0.649. The number of aromatic nitrogens is 4. The van der Waals surface area contributed by atoms with Gasteiger partial charge in [0.25, 0.3) is 0 Å². The van der Waals surface area contributed by atoms with Crippen LogP contribution >= 0.6 is 0 Å². The lowest BCUT2D eigenvalue weighted by atomic mass is 9.94. The third-order valence-corrected chi connectivity index (χ3v) is 12.5. The molecular formula is C56H34N4. The van der Waals surface area contributed by atoms with Gasteiger partial charge in [-0.15, -0.1) is 0 Å². The van der Waals surface area contributed by atoms with Crippen molar-refractivity contribution in [1.29, 1.82) is 0 Å². The summed E-state index contributed by atoms with van der Waals surface area (Å²) < 4.78 is 4.74. The zero-order chi connectivity index (χ0) is 39.3. The van der Waals surface area contributed by atoms with Gasteiger partial charge in [-0.05, 0) is 79.8 Å². The van der Waals surface area contributed by atoms with E-state index < -0.39 is 0 Å². The van der Waals surface area contributed by atoms with Gasteiger partial charge < -0.3 is 4.57 Å². The fraction of sp³-hybridized carbons (Fsp3) is 0. The van der Waals surface area contributed by atoms with Gasteiger partial charge in [0.15, 0.2) is 0 Å². The average molecular weight is 763 g/mol. The van der Waals surface area contributed by atoms with Gasteiger partial charge >= 0.3 is 0 Å².